The number of hydrogen-bond donors (Lipinski definition) is 1. The Bertz CT molecular complexity index is 757. The Balaban J connectivity index is 1.43. The average molecular weight is 340 g/mol. The predicted molar refractivity (Wildman–Crippen MR) is 93.1 cm³/mol. The third-order valence-electron chi connectivity index (χ3n) is 5.24. The number of nitrogens with one attached hydrogen (secondary N) is 1. The number of aryl methyl sites for hydroxylation is 2. The van der Waals surface area contributed by atoms with Gasteiger partial charge in [-0.2, -0.15) is 5.10 Å². The molecule has 0 bridgehead atoms. The minimum atomic E-state index is -0.235. The van der Waals surface area contributed by atoms with Crippen LogP contribution in [0.4, 0.5) is 0 Å². The summed E-state index contributed by atoms with van der Waals surface area (Å²) in [6, 6.07) is 8.56. The van der Waals surface area contributed by atoms with E-state index in [4.69, 9.17) is 4.74 Å². The van der Waals surface area contributed by atoms with E-state index in [0.717, 1.165) is 25.1 Å². The van der Waals surface area contributed by atoms with Crippen LogP contribution in [-0.4, -0.2) is 45.7 Å². The van der Waals surface area contributed by atoms with Crippen LogP contribution in [0, 0.1) is 6.92 Å². The van der Waals surface area contributed by atoms with E-state index in [9.17, 15) is 4.79 Å². The first-order valence-corrected chi connectivity index (χ1v) is 9.07. The number of morpholine rings is 1. The summed E-state index contributed by atoms with van der Waals surface area (Å²) in [5, 5.41) is 7.02. The van der Waals surface area contributed by atoms with Gasteiger partial charge in [0.1, 0.15) is 11.9 Å². The van der Waals surface area contributed by atoms with E-state index in [-0.39, 0.29) is 12.0 Å². The van der Waals surface area contributed by atoms with Crippen molar-refractivity contribution in [2.24, 2.45) is 0 Å². The van der Waals surface area contributed by atoms with Gasteiger partial charge in [-0.15, -0.1) is 0 Å². The molecule has 1 aromatic carbocycles. The quantitative estimate of drug-likeness (QED) is 0.932. The molecule has 1 aliphatic carbocycles. The first-order valence-electron chi connectivity index (χ1n) is 9.07. The number of nitrogens with zero attached hydrogens (tertiary/aromatic N) is 3. The van der Waals surface area contributed by atoms with Gasteiger partial charge in [-0.25, -0.2) is 4.98 Å². The third kappa shape index (κ3) is 3.44. The first-order chi connectivity index (χ1) is 12.2. The summed E-state index contributed by atoms with van der Waals surface area (Å²) in [4.78, 5) is 19.1. The summed E-state index contributed by atoms with van der Waals surface area (Å²) in [5.41, 5.74) is 2.76. The monoisotopic (exact) mass is 340 g/mol. The van der Waals surface area contributed by atoms with Gasteiger partial charge < -0.3 is 9.64 Å². The third-order valence-corrected chi connectivity index (χ3v) is 5.24. The van der Waals surface area contributed by atoms with Crippen LogP contribution in [0.3, 0.4) is 0 Å². The lowest BCUT2D eigenvalue weighted by Gasteiger charge is -2.33. The maximum Gasteiger partial charge on any atom is 0.223 e. The van der Waals surface area contributed by atoms with Gasteiger partial charge in [0.15, 0.2) is 5.82 Å². The van der Waals surface area contributed by atoms with Crippen LogP contribution >= 0.6 is 0 Å². The van der Waals surface area contributed by atoms with Crippen LogP contribution in [0.25, 0.3) is 0 Å². The van der Waals surface area contributed by atoms with Gasteiger partial charge in [-0.05, 0) is 43.2 Å². The summed E-state index contributed by atoms with van der Waals surface area (Å²) < 4.78 is 5.77. The molecule has 2 heterocycles. The Labute approximate surface area is 147 Å². The number of aromatic amines is 1. The summed E-state index contributed by atoms with van der Waals surface area (Å²) in [7, 11) is 0. The number of ether oxygens (including phenoxy) is 1. The van der Waals surface area contributed by atoms with Crippen LogP contribution in [0.1, 0.15) is 54.1 Å². The standard InChI is InChI=1S/C19H24N4O2/c1-13-20-19(22-21-13)17-12-23(9-10-25-17)18(24)11-15-7-4-6-14-5-2-3-8-16(14)15/h2-3,5,8,15,17H,4,6-7,9-12H2,1H3,(H,20,21,22)/t15-,17+/m1/s1. The van der Waals surface area contributed by atoms with Crippen molar-refractivity contribution in [1.29, 1.82) is 0 Å². The van der Waals surface area contributed by atoms with Gasteiger partial charge in [0.25, 0.3) is 0 Å². The maximum absolute atomic E-state index is 12.9. The van der Waals surface area contributed by atoms with E-state index in [1.165, 1.54) is 11.1 Å². The van der Waals surface area contributed by atoms with E-state index in [2.05, 4.69) is 39.4 Å². The summed E-state index contributed by atoms with van der Waals surface area (Å²) in [6.07, 6.45) is 3.73. The fraction of sp³-hybridized carbons (Fsp3) is 0.526. The minimum absolute atomic E-state index is 0.210. The number of H-pyrrole nitrogens is 1. The van der Waals surface area contributed by atoms with E-state index in [1.54, 1.807) is 0 Å². The molecule has 6 nitrogen and oxygen atoms in total. The molecule has 0 saturated carbocycles. The van der Waals surface area contributed by atoms with Crippen LogP contribution in [0.5, 0.6) is 0 Å². The highest BCUT2D eigenvalue weighted by Crippen LogP contribution is 2.34. The normalized spacial score (nSPS) is 23.3. The van der Waals surface area contributed by atoms with Crippen LogP contribution < -0.4 is 0 Å². The van der Waals surface area contributed by atoms with E-state index < -0.39 is 0 Å². The lowest BCUT2D eigenvalue weighted by molar-refractivity contribution is -0.139. The van der Waals surface area contributed by atoms with Gasteiger partial charge in [0, 0.05) is 13.0 Å². The minimum Gasteiger partial charge on any atom is -0.366 e. The molecule has 1 N–H and O–H groups in total. The molecule has 0 radical (unpaired) electrons. The van der Waals surface area contributed by atoms with Crippen molar-refractivity contribution in [3.63, 3.8) is 0 Å². The smallest absolute Gasteiger partial charge is 0.223 e. The van der Waals surface area contributed by atoms with E-state index in [1.807, 2.05) is 11.8 Å². The Morgan fingerprint density at radius 3 is 3.12 bits per heavy atom. The molecule has 4 rings (SSSR count). The second kappa shape index (κ2) is 6.96. The second-order valence-corrected chi connectivity index (χ2v) is 6.97. The molecule has 1 amide bonds. The summed E-state index contributed by atoms with van der Waals surface area (Å²) >= 11 is 0. The van der Waals surface area contributed by atoms with Gasteiger partial charge >= 0.3 is 0 Å². The SMILES string of the molecule is Cc1nc([C@@H]2CN(C(=O)C[C@H]3CCCc4ccccc43)CCO2)n[nH]1. The summed E-state index contributed by atoms with van der Waals surface area (Å²) in [6.45, 7) is 3.58. The highest BCUT2D eigenvalue weighted by molar-refractivity contribution is 5.77. The number of fused-ring (bicyclic) bond motifs is 1. The van der Waals surface area contributed by atoms with E-state index >= 15 is 0 Å². The molecule has 1 aliphatic heterocycles. The Morgan fingerprint density at radius 2 is 2.28 bits per heavy atom. The van der Waals surface area contributed by atoms with Gasteiger partial charge in [0.2, 0.25) is 5.91 Å². The van der Waals surface area contributed by atoms with Crippen molar-refractivity contribution in [2.75, 3.05) is 19.7 Å². The highest BCUT2D eigenvalue weighted by Gasteiger charge is 2.30. The number of rotatable bonds is 3. The fourth-order valence-corrected chi connectivity index (χ4v) is 3.94. The predicted octanol–water partition coefficient (Wildman–Crippen LogP) is 2.52. The molecule has 2 aromatic rings. The maximum atomic E-state index is 12.9. The second-order valence-electron chi connectivity index (χ2n) is 6.97. The molecule has 2 atom stereocenters. The van der Waals surface area contributed by atoms with E-state index in [0.29, 0.717) is 37.9 Å². The Morgan fingerprint density at radius 1 is 1.40 bits per heavy atom. The molecule has 2 aliphatic rings. The number of hydrogen-bond acceptors (Lipinski definition) is 4. The lowest BCUT2D eigenvalue weighted by atomic mass is 9.81. The number of aromatic nitrogens is 3. The zero-order chi connectivity index (χ0) is 17.2. The van der Waals surface area contributed by atoms with Crippen LogP contribution in [0.2, 0.25) is 0 Å². The molecule has 6 heteroatoms. The molecule has 25 heavy (non-hydrogen) atoms. The molecule has 1 fully saturated rings. The zero-order valence-electron chi connectivity index (χ0n) is 14.6. The van der Waals surface area contributed by atoms with Crippen molar-refractivity contribution in [2.45, 2.75) is 44.6 Å². The summed E-state index contributed by atoms with van der Waals surface area (Å²) in [5.74, 6) is 1.95. The highest BCUT2D eigenvalue weighted by atomic mass is 16.5. The van der Waals surface area contributed by atoms with Crippen LogP contribution in [0.15, 0.2) is 24.3 Å². The largest absolute Gasteiger partial charge is 0.366 e. The topological polar surface area (TPSA) is 71.1 Å². The van der Waals surface area contributed by atoms with Gasteiger partial charge in [0.05, 0.1) is 13.2 Å². The number of carbonyl (C=O) groups excluding carboxylic acids is 1. The fourth-order valence-electron chi connectivity index (χ4n) is 3.94. The molecule has 0 unspecified atom stereocenters. The van der Waals surface area contributed by atoms with Gasteiger partial charge in [-0.3, -0.25) is 9.89 Å². The number of carbonyl (C=O) groups is 1. The Hall–Kier alpha value is -2.21. The molecule has 0 spiro atoms. The van der Waals surface area contributed by atoms with Crippen molar-refractivity contribution >= 4 is 5.91 Å². The zero-order valence-corrected chi connectivity index (χ0v) is 14.6. The number of amides is 1. The first kappa shape index (κ1) is 16.3. The molecule has 132 valence electrons. The van der Waals surface area contributed by atoms with Crippen molar-refractivity contribution in [1.82, 2.24) is 20.1 Å². The Kier molecular flexibility index (Phi) is 4.53. The molecule has 1 saturated heterocycles. The van der Waals surface area contributed by atoms with Crippen molar-refractivity contribution in [3.05, 3.63) is 47.0 Å². The molecule has 1 aromatic heterocycles. The average Bonchev–Trinajstić information content (AvgIpc) is 3.09. The number of benzene rings is 1. The van der Waals surface area contributed by atoms with Crippen molar-refractivity contribution in [3.8, 4) is 0 Å². The van der Waals surface area contributed by atoms with Crippen molar-refractivity contribution < 1.29 is 9.53 Å². The molecular formula is C19H24N4O2. The molecular weight excluding hydrogens is 316 g/mol. The van der Waals surface area contributed by atoms with Gasteiger partial charge in [-0.1, -0.05) is 24.3 Å². The van der Waals surface area contributed by atoms with Crippen LogP contribution in [-0.2, 0) is 16.0 Å². The lowest BCUT2D eigenvalue weighted by Crippen LogP contribution is -2.43.